The van der Waals surface area contributed by atoms with Crippen LogP contribution in [0, 0.1) is 0 Å². The number of carboxylic acid groups (broad SMARTS) is 1. The SMILES string of the molecule is NCCCC[C@H](NC(=O)[C@H]1CCCN1C(=O)[C@@H](N)CCCN=C(N)N)C(=O)N1CCC[C@H]1C(=O)N[C@@H](CCC(N)=O)C(=O)N[C@@H](CCC(N)=O)C(=O)N[C@H](Cc1ccccc1)C(=O)O. The maximum absolute atomic E-state index is 14.3. The zero-order valence-electron chi connectivity index (χ0n) is 36.1. The summed E-state index contributed by atoms with van der Waals surface area (Å²) in [6.07, 6.45) is 1.81. The number of rotatable bonds is 27. The fourth-order valence-corrected chi connectivity index (χ4v) is 7.65. The minimum atomic E-state index is -1.49. The number of nitrogens with zero attached hydrogens (tertiary/aromatic N) is 3. The molecule has 354 valence electrons. The van der Waals surface area contributed by atoms with Crippen LogP contribution in [0.2, 0.25) is 0 Å². The molecule has 17 N–H and O–H groups in total. The largest absolute Gasteiger partial charge is 0.480 e. The van der Waals surface area contributed by atoms with Gasteiger partial charge in [0.2, 0.25) is 47.3 Å². The number of aliphatic imine (C=N–C) groups is 1. The number of hydrogen-bond acceptors (Lipinski definition) is 12. The lowest BCUT2D eigenvalue weighted by Crippen LogP contribution is -2.59. The fourth-order valence-electron chi connectivity index (χ4n) is 7.65. The van der Waals surface area contributed by atoms with E-state index in [4.69, 9.17) is 34.4 Å². The molecule has 1 aromatic rings. The van der Waals surface area contributed by atoms with Crippen LogP contribution in [0.25, 0.3) is 0 Å². The van der Waals surface area contributed by atoms with Crippen molar-refractivity contribution >= 4 is 59.2 Å². The van der Waals surface area contributed by atoms with Crippen LogP contribution < -0.4 is 55.7 Å². The van der Waals surface area contributed by atoms with E-state index in [0.717, 1.165) is 0 Å². The van der Waals surface area contributed by atoms with E-state index in [1.165, 1.54) is 9.80 Å². The van der Waals surface area contributed by atoms with Gasteiger partial charge in [0.25, 0.3) is 0 Å². The quantitative estimate of drug-likeness (QED) is 0.0230. The van der Waals surface area contributed by atoms with Crippen molar-refractivity contribution < 1.29 is 48.3 Å². The molecule has 64 heavy (non-hydrogen) atoms. The van der Waals surface area contributed by atoms with E-state index >= 15 is 0 Å². The molecule has 2 heterocycles. The Hall–Kier alpha value is -6.36. The Morgan fingerprint density at radius 1 is 0.656 bits per heavy atom. The van der Waals surface area contributed by atoms with Gasteiger partial charge in [-0.3, -0.25) is 43.3 Å². The van der Waals surface area contributed by atoms with Crippen LogP contribution in [-0.2, 0) is 49.6 Å². The van der Waals surface area contributed by atoms with E-state index in [9.17, 15) is 48.3 Å². The molecule has 0 aromatic heterocycles. The number of unbranched alkanes of at least 4 members (excludes halogenated alkanes) is 1. The third-order valence-electron chi connectivity index (χ3n) is 11.0. The summed E-state index contributed by atoms with van der Waals surface area (Å²) in [4.78, 5) is 125. The second kappa shape index (κ2) is 26.3. The summed E-state index contributed by atoms with van der Waals surface area (Å²) < 4.78 is 0. The van der Waals surface area contributed by atoms with Crippen molar-refractivity contribution in [2.45, 2.75) is 132 Å². The predicted octanol–water partition coefficient (Wildman–Crippen LogP) is -3.72. The zero-order chi connectivity index (χ0) is 47.3. The molecule has 7 atom stereocenters. The van der Waals surface area contributed by atoms with Gasteiger partial charge in [0.15, 0.2) is 5.96 Å². The summed E-state index contributed by atoms with van der Waals surface area (Å²) in [5, 5.41) is 20.1. The first-order valence-electron chi connectivity index (χ1n) is 21.6. The number of primary amides is 2. The van der Waals surface area contributed by atoms with Crippen LogP contribution >= 0.6 is 0 Å². The molecule has 0 bridgehead atoms. The summed E-state index contributed by atoms with van der Waals surface area (Å²) in [6.45, 7) is 1.02. The summed E-state index contributed by atoms with van der Waals surface area (Å²) >= 11 is 0. The first kappa shape index (κ1) is 52.0. The number of carbonyl (C=O) groups is 9. The van der Waals surface area contributed by atoms with Crippen molar-refractivity contribution in [2.24, 2.45) is 39.4 Å². The molecule has 0 saturated carbocycles. The lowest BCUT2D eigenvalue weighted by molar-refractivity contribution is -0.144. The Morgan fingerprint density at radius 2 is 1.17 bits per heavy atom. The van der Waals surface area contributed by atoms with Crippen molar-refractivity contribution in [3.63, 3.8) is 0 Å². The first-order valence-corrected chi connectivity index (χ1v) is 21.6. The van der Waals surface area contributed by atoms with E-state index in [1.807, 2.05) is 0 Å². The average Bonchev–Trinajstić information content (AvgIpc) is 3.95. The van der Waals surface area contributed by atoms with Gasteiger partial charge in [-0.15, -0.1) is 0 Å². The Kier molecular flexibility index (Phi) is 21.4. The molecule has 2 fully saturated rings. The normalized spacial score (nSPS) is 18.1. The molecule has 1 aromatic carbocycles. The Balaban J connectivity index is 1.77. The number of amides is 8. The molecule has 0 unspecified atom stereocenters. The summed E-state index contributed by atoms with van der Waals surface area (Å²) in [5.41, 5.74) is 34.0. The van der Waals surface area contributed by atoms with Crippen molar-refractivity contribution in [3.05, 3.63) is 35.9 Å². The Labute approximate surface area is 371 Å². The number of likely N-dealkylation sites (tertiary alicyclic amines) is 2. The lowest BCUT2D eigenvalue weighted by Gasteiger charge is -2.32. The van der Waals surface area contributed by atoms with Crippen molar-refractivity contribution in [3.8, 4) is 0 Å². The number of carboxylic acids is 1. The highest BCUT2D eigenvalue weighted by atomic mass is 16.4. The smallest absolute Gasteiger partial charge is 0.326 e. The van der Waals surface area contributed by atoms with Gasteiger partial charge in [0.05, 0.1) is 6.04 Å². The van der Waals surface area contributed by atoms with Gasteiger partial charge in [0.1, 0.15) is 36.3 Å². The van der Waals surface area contributed by atoms with Crippen LogP contribution in [0.5, 0.6) is 0 Å². The number of benzene rings is 1. The third-order valence-corrected chi connectivity index (χ3v) is 11.0. The van der Waals surface area contributed by atoms with Crippen LogP contribution in [-0.4, -0.2) is 143 Å². The van der Waals surface area contributed by atoms with Crippen molar-refractivity contribution in [2.75, 3.05) is 26.2 Å². The average molecular weight is 900 g/mol. The molecule has 0 radical (unpaired) electrons. The predicted molar refractivity (Wildman–Crippen MR) is 233 cm³/mol. The standard InChI is InChI=1S/C41H65N13O10/c42-19-5-4-12-28(51-37(60)30-13-7-21-53(30)38(61)25(43)11-6-20-48-41(46)47)39(62)54-22-8-14-31(54)36(59)50-27(16-18-33(45)56)34(57)49-26(15-17-32(44)55)35(58)52-29(40(63)64)23-24-9-2-1-3-10-24/h1-3,9-10,25-31H,4-8,11-23,42-43H2,(H2,44,55)(H2,45,56)(H,49,57)(H,50,59)(H,51,60)(H,52,58)(H,63,64)(H4,46,47,48)/t25-,26-,27-,28-,29+,30+,31-/m0/s1. The van der Waals surface area contributed by atoms with E-state index in [1.54, 1.807) is 30.3 Å². The first-order chi connectivity index (χ1) is 30.4. The molecule has 2 aliphatic rings. The highest BCUT2D eigenvalue weighted by Gasteiger charge is 2.42. The molecule has 3 rings (SSSR count). The minimum absolute atomic E-state index is 0.0828. The van der Waals surface area contributed by atoms with Gasteiger partial charge in [-0.1, -0.05) is 30.3 Å². The molecule has 2 aliphatic heterocycles. The summed E-state index contributed by atoms with van der Waals surface area (Å²) in [6, 6.07) is 0.0622. The number of carbonyl (C=O) groups excluding carboxylic acids is 8. The maximum atomic E-state index is 14.3. The van der Waals surface area contributed by atoms with Gasteiger partial charge in [-0.2, -0.15) is 0 Å². The lowest BCUT2D eigenvalue weighted by atomic mass is 10.0. The van der Waals surface area contributed by atoms with Crippen LogP contribution in [0.15, 0.2) is 35.3 Å². The summed E-state index contributed by atoms with van der Waals surface area (Å²) in [7, 11) is 0. The molecular weight excluding hydrogens is 835 g/mol. The zero-order valence-corrected chi connectivity index (χ0v) is 36.1. The maximum Gasteiger partial charge on any atom is 0.326 e. The highest BCUT2D eigenvalue weighted by molar-refractivity contribution is 5.97. The molecule has 23 nitrogen and oxygen atoms in total. The van der Waals surface area contributed by atoms with Crippen molar-refractivity contribution in [1.29, 1.82) is 0 Å². The molecule has 23 heteroatoms. The summed E-state index contributed by atoms with van der Waals surface area (Å²) in [5.74, 6) is -7.27. The topological polar surface area (TPSA) is 397 Å². The number of guanidine groups is 1. The van der Waals surface area contributed by atoms with Crippen LogP contribution in [0.3, 0.4) is 0 Å². The van der Waals surface area contributed by atoms with Crippen LogP contribution in [0.1, 0.15) is 89.0 Å². The van der Waals surface area contributed by atoms with Crippen LogP contribution in [0.4, 0.5) is 0 Å². The second-order valence-corrected chi connectivity index (χ2v) is 16.0. The van der Waals surface area contributed by atoms with E-state index in [0.29, 0.717) is 50.6 Å². The number of nitrogens with one attached hydrogen (secondary N) is 4. The van der Waals surface area contributed by atoms with Gasteiger partial charge < -0.3 is 70.6 Å². The fraction of sp³-hybridized carbons (Fsp3) is 0.610. The van der Waals surface area contributed by atoms with E-state index < -0.39 is 95.5 Å². The molecule has 0 spiro atoms. The number of hydrogen-bond donors (Lipinski definition) is 11. The number of aliphatic carboxylic acids is 1. The third kappa shape index (κ3) is 16.7. The Bertz CT molecular complexity index is 1830. The number of nitrogens with two attached hydrogens (primary N) is 6. The van der Waals surface area contributed by atoms with E-state index in [-0.39, 0.29) is 77.0 Å². The molecule has 2 saturated heterocycles. The van der Waals surface area contributed by atoms with E-state index in [2.05, 4.69) is 26.3 Å². The van der Waals surface area contributed by atoms with Crippen molar-refractivity contribution in [1.82, 2.24) is 31.1 Å². The monoisotopic (exact) mass is 899 g/mol. The second-order valence-electron chi connectivity index (χ2n) is 16.0. The van der Waals surface area contributed by atoms with Gasteiger partial charge in [0, 0.05) is 38.9 Å². The Morgan fingerprint density at radius 3 is 1.69 bits per heavy atom. The molecule has 8 amide bonds. The molecule has 0 aliphatic carbocycles. The van der Waals surface area contributed by atoms with Gasteiger partial charge >= 0.3 is 5.97 Å². The minimum Gasteiger partial charge on any atom is -0.480 e. The van der Waals surface area contributed by atoms with Gasteiger partial charge in [-0.05, 0) is 82.7 Å². The highest BCUT2D eigenvalue weighted by Crippen LogP contribution is 2.23. The van der Waals surface area contributed by atoms with Gasteiger partial charge in [-0.25, -0.2) is 4.79 Å². The molecular formula is C41H65N13O10.